The Kier molecular flexibility index (Phi) is 3.47. The second-order valence-electron chi connectivity index (χ2n) is 2.57. The molecule has 0 amide bonds. The van der Waals surface area contributed by atoms with Crippen LogP contribution in [-0.2, 0) is 0 Å². The molecule has 0 radical (unpaired) electrons. The molecule has 6 N–H and O–H groups in total. The summed E-state index contributed by atoms with van der Waals surface area (Å²) in [6.45, 7) is 1.26. The van der Waals surface area contributed by atoms with E-state index in [4.69, 9.17) is 11.6 Å². The molecule has 0 saturated carbocycles. The van der Waals surface area contributed by atoms with E-state index in [1.807, 2.05) is 0 Å². The van der Waals surface area contributed by atoms with Crippen molar-refractivity contribution in [2.45, 2.75) is 6.42 Å². The number of H-pyrrole nitrogens is 1. The maximum atomic E-state index is 5.65. The fraction of sp³-hybridized carbons (Fsp3) is 0.667. The molecule has 1 aromatic heterocycles. The lowest BCUT2D eigenvalue weighted by molar-refractivity contribution is 0.742. The third kappa shape index (κ3) is 2.56. The molecule has 1 heterocycles. The third-order valence-electron chi connectivity index (χ3n) is 1.57. The molecule has 0 aliphatic carbocycles. The van der Waals surface area contributed by atoms with Crippen molar-refractivity contribution < 1.29 is 0 Å². The molecule has 0 aliphatic rings. The fourth-order valence-corrected chi connectivity index (χ4v) is 0.855. The summed E-state index contributed by atoms with van der Waals surface area (Å²) in [7, 11) is 1.75. The van der Waals surface area contributed by atoms with E-state index in [0.29, 0.717) is 25.0 Å². The molecule has 0 atom stereocenters. The van der Waals surface area contributed by atoms with Crippen LogP contribution >= 0.6 is 0 Å². The Bertz CT molecular complexity index is 245. The molecule has 7 nitrogen and oxygen atoms in total. The van der Waals surface area contributed by atoms with Crippen LogP contribution in [0.25, 0.3) is 0 Å². The monoisotopic (exact) mass is 185 g/mol. The number of nitrogens with zero attached hydrogens (tertiary/aromatic N) is 3. The predicted octanol–water partition coefficient (Wildman–Crippen LogP) is -1.12. The van der Waals surface area contributed by atoms with Crippen LogP contribution in [0.3, 0.4) is 0 Å². The van der Waals surface area contributed by atoms with Crippen molar-refractivity contribution in [2.24, 2.45) is 11.6 Å². The third-order valence-corrected chi connectivity index (χ3v) is 1.57. The van der Waals surface area contributed by atoms with Crippen LogP contribution in [-0.4, -0.2) is 35.3 Å². The van der Waals surface area contributed by atoms with Gasteiger partial charge in [-0.1, -0.05) is 0 Å². The minimum absolute atomic E-state index is 0.470. The molecule has 0 fully saturated rings. The Morgan fingerprint density at radius 1 is 1.62 bits per heavy atom. The highest BCUT2D eigenvalue weighted by Crippen LogP contribution is 2.05. The van der Waals surface area contributed by atoms with Gasteiger partial charge in [0, 0.05) is 13.6 Å². The van der Waals surface area contributed by atoms with Crippen LogP contribution < -0.4 is 21.9 Å². The maximum Gasteiger partial charge on any atom is 0.260 e. The second-order valence-corrected chi connectivity index (χ2v) is 2.57. The molecule has 0 spiro atoms. The van der Waals surface area contributed by atoms with Crippen molar-refractivity contribution in [3.05, 3.63) is 0 Å². The van der Waals surface area contributed by atoms with Gasteiger partial charge in [-0.15, -0.1) is 5.10 Å². The van der Waals surface area contributed by atoms with Crippen LogP contribution in [0.5, 0.6) is 0 Å². The number of nitrogens with one attached hydrogen (secondary N) is 2. The van der Waals surface area contributed by atoms with Crippen molar-refractivity contribution in [1.82, 2.24) is 15.2 Å². The van der Waals surface area contributed by atoms with E-state index >= 15 is 0 Å². The normalized spacial score (nSPS) is 10.1. The van der Waals surface area contributed by atoms with Gasteiger partial charge in [-0.25, -0.2) is 10.9 Å². The lowest BCUT2D eigenvalue weighted by Crippen LogP contribution is -2.33. The predicted molar refractivity (Wildman–Crippen MR) is 51.1 cm³/mol. The van der Waals surface area contributed by atoms with E-state index in [1.54, 1.807) is 7.05 Å². The molecular weight excluding hydrogens is 170 g/mol. The maximum absolute atomic E-state index is 5.65. The second kappa shape index (κ2) is 4.63. The highest BCUT2D eigenvalue weighted by Gasteiger charge is 2.06. The molecule has 74 valence electrons. The van der Waals surface area contributed by atoms with Crippen LogP contribution in [0.4, 0.5) is 11.9 Å². The van der Waals surface area contributed by atoms with Gasteiger partial charge in [0.15, 0.2) is 0 Å². The largest absolute Gasteiger partial charge is 0.358 e. The summed E-state index contributed by atoms with van der Waals surface area (Å²) in [5.41, 5.74) is 5.34. The van der Waals surface area contributed by atoms with Gasteiger partial charge in [0.1, 0.15) is 0 Å². The van der Waals surface area contributed by atoms with Crippen molar-refractivity contribution in [3.8, 4) is 0 Å². The first-order valence-corrected chi connectivity index (χ1v) is 4.10. The Morgan fingerprint density at radius 3 is 2.92 bits per heavy atom. The summed E-state index contributed by atoms with van der Waals surface area (Å²) in [5, 5.41) is 10.9. The lowest BCUT2D eigenvalue weighted by Gasteiger charge is -2.12. The zero-order valence-corrected chi connectivity index (χ0v) is 7.62. The Hall–Kier alpha value is -1.34. The lowest BCUT2D eigenvalue weighted by atomic mass is 10.4. The summed E-state index contributed by atoms with van der Waals surface area (Å²) in [5.74, 6) is 6.72. The van der Waals surface area contributed by atoms with E-state index in [9.17, 15) is 0 Å². The first-order valence-electron chi connectivity index (χ1n) is 4.10. The van der Waals surface area contributed by atoms with E-state index < -0.39 is 0 Å². The summed E-state index contributed by atoms with van der Waals surface area (Å²) in [4.78, 5) is 4.06. The number of hydrogen-bond acceptors (Lipinski definition) is 6. The summed E-state index contributed by atoms with van der Waals surface area (Å²) < 4.78 is 0. The van der Waals surface area contributed by atoms with E-state index in [0.717, 1.165) is 6.42 Å². The quantitative estimate of drug-likeness (QED) is 0.341. The van der Waals surface area contributed by atoms with Gasteiger partial charge in [-0.05, 0) is 13.0 Å². The highest BCUT2D eigenvalue weighted by atomic mass is 15.5. The average Bonchev–Trinajstić information content (AvgIpc) is 2.62. The standard InChI is InChI=1S/C6H15N7/c1-9-5-10-6(12-11-5)13(8)4-2-3-7/h2-4,7-8H2,1H3,(H2,9,10,11,12). The van der Waals surface area contributed by atoms with Crippen LogP contribution in [0.2, 0.25) is 0 Å². The Labute approximate surface area is 76.5 Å². The van der Waals surface area contributed by atoms with Crippen LogP contribution in [0.1, 0.15) is 6.42 Å². The first-order chi connectivity index (χ1) is 6.27. The Balaban J connectivity index is 2.50. The van der Waals surface area contributed by atoms with Gasteiger partial charge in [0.25, 0.3) is 5.95 Å². The summed E-state index contributed by atoms with van der Waals surface area (Å²) in [6.07, 6.45) is 0.819. The molecule has 1 aromatic rings. The number of rotatable bonds is 5. The topological polar surface area (TPSA) is 109 Å². The van der Waals surface area contributed by atoms with Crippen molar-refractivity contribution in [1.29, 1.82) is 0 Å². The molecule has 0 aromatic carbocycles. The minimum atomic E-state index is 0.470. The van der Waals surface area contributed by atoms with Gasteiger partial charge in [0.2, 0.25) is 5.95 Å². The number of hydrazine groups is 1. The zero-order valence-electron chi connectivity index (χ0n) is 7.62. The van der Waals surface area contributed by atoms with Crippen molar-refractivity contribution in [2.75, 3.05) is 30.5 Å². The van der Waals surface area contributed by atoms with Crippen LogP contribution in [0.15, 0.2) is 0 Å². The number of hydrogen-bond donors (Lipinski definition) is 4. The summed E-state index contributed by atoms with van der Waals surface area (Å²) in [6, 6.07) is 0. The molecule has 1 rings (SSSR count). The molecule has 0 unspecified atom stereocenters. The van der Waals surface area contributed by atoms with Gasteiger partial charge in [-0.2, -0.15) is 4.98 Å². The van der Waals surface area contributed by atoms with Crippen molar-refractivity contribution >= 4 is 11.9 Å². The number of anilines is 2. The van der Waals surface area contributed by atoms with E-state index in [1.165, 1.54) is 5.01 Å². The zero-order chi connectivity index (χ0) is 9.68. The first kappa shape index (κ1) is 9.75. The summed E-state index contributed by atoms with van der Waals surface area (Å²) >= 11 is 0. The van der Waals surface area contributed by atoms with Gasteiger partial charge >= 0.3 is 0 Å². The molecule has 0 aliphatic heterocycles. The molecular formula is C6H15N7. The number of nitrogens with two attached hydrogens (primary N) is 2. The fourth-order valence-electron chi connectivity index (χ4n) is 0.855. The molecule has 13 heavy (non-hydrogen) atoms. The van der Waals surface area contributed by atoms with Gasteiger partial charge in [-0.3, -0.25) is 5.01 Å². The van der Waals surface area contributed by atoms with Crippen LogP contribution in [0, 0.1) is 0 Å². The minimum Gasteiger partial charge on any atom is -0.358 e. The molecule has 0 saturated heterocycles. The van der Waals surface area contributed by atoms with E-state index in [-0.39, 0.29) is 0 Å². The molecule has 0 bridgehead atoms. The number of aromatic amines is 1. The van der Waals surface area contributed by atoms with Gasteiger partial charge < -0.3 is 11.1 Å². The molecule has 7 heteroatoms. The smallest absolute Gasteiger partial charge is 0.260 e. The Morgan fingerprint density at radius 2 is 2.38 bits per heavy atom. The van der Waals surface area contributed by atoms with E-state index in [2.05, 4.69) is 20.5 Å². The van der Waals surface area contributed by atoms with Gasteiger partial charge in [0.05, 0.1) is 0 Å². The van der Waals surface area contributed by atoms with Crippen molar-refractivity contribution in [3.63, 3.8) is 0 Å². The SMILES string of the molecule is CNc1nc(N(N)CCCN)n[nH]1. The highest BCUT2D eigenvalue weighted by molar-refractivity contribution is 5.34. The number of aromatic nitrogens is 3. The average molecular weight is 185 g/mol.